The van der Waals surface area contributed by atoms with Crippen molar-refractivity contribution in [3.8, 4) is 0 Å². The van der Waals surface area contributed by atoms with Gasteiger partial charge in [0.05, 0.1) is 12.0 Å². The predicted octanol–water partition coefficient (Wildman–Crippen LogP) is 0.757. The molecule has 4 nitrogen and oxygen atoms in total. The van der Waals surface area contributed by atoms with Crippen LogP contribution in [0.15, 0.2) is 22.8 Å². The zero-order valence-electron chi connectivity index (χ0n) is 8.14. The molecule has 0 amide bonds. The van der Waals surface area contributed by atoms with Crippen molar-refractivity contribution in [2.45, 2.75) is 12.8 Å². The fourth-order valence-electron chi connectivity index (χ4n) is 1.21. The van der Waals surface area contributed by atoms with Crippen LogP contribution < -0.4 is 5.73 Å². The molecule has 0 saturated carbocycles. The molecule has 0 spiro atoms. The highest BCUT2D eigenvalue weighted by Crippen LogP contribution is 2.17. The van der Waals surface area contributed by atoms with Gasteiger partial charge < -0.3 is 10.2 Å². The number of rotatable bonds is 5. The Balaban J connectivity index is 2.75. The second-order valence-electron chi connectivity index (χ2n) is 3.15. The van der Waals surface area contributed by atoms with Crippen LogP contribution in [-0.2, 0) is 9.84 Å². The van der Waals surface area contributed by atoms with E-state index in [1.54, 1.807) is 19.1 Å². The van der Waals surface area contributed by atoms with Crippen LogP contribution in [0.1, 0.15) is 18.6 Å². The third kappa shape index (κ3) is 2.85. The van der Waals surface area contributed by atoms with E-state index in [9.17, 15) is 8.42 Å². The maximum Gasteiger partial charge on any atom is 0.150 e. The van der Waals surface area contributed by atoms with Gasteiger partial charge >= 0.3 is 0 Å². The van der Waals surface area contributed by atoms with Crippen molar-refractivity contribution in [2.75, 3.05) is 18.1 Å². The van der Waals surface area contributed by atoms with Gasteiger partial charge in [-0.3, -0.25) is 0 Å². The van der Waals surface area contributed by atoms with Gasteiger partial charge in [0.2, 0.25) is 0 Å². The van der Waals surface area contributed by atoms with Gasteiger partial charge in [-0.15, -0.1) is 0 Å². The minimum atomic E-state index is -3.00. The Labute approximate surface area is 84.0 Å². The average molecular weight is 217 g/mol. The lowest BCUT2D eigenvalue weighted by molar-refractivity contribution is 0.475. The Morgan fingerprint density at radius 1 is 1.57 bits per heavy atom. The zero-order chi connectivity index (χ0) is 10.6. The van der Waals surface area contributed by atoms with E-state index in [0.29, 0.717) is 5.76 Å². The molecular weight excluding hydrogens is 202 g/mol. The maximum atomic E-state index is 11.4. The van der Waals surface area contributed by atoms with Gasteiger partial charge in [0.25, 0.3) is 0 Å². The monoisotopic (exact) mass is 217 g/mol. The zero-order valence-corrected chi connectivity index (χ0v) is 8.96. The first-order valence-corrected chi connectivity index (χ1v) is 6.35. The first-order chi connectivity index (χ1) is 6.59. The number of hydrogen-bond donors (Lipinski definition) is 1. The molecule has 5 heteroatoms. The second kappa shape index (κ2) is 4.61. The van der Waals surface area contributed by atoms with Crippen molar-refractivity contribution in [1.29, 1.82) is 0 Å². The normalized spacial score (nSPS) is 14.1. The van der Waals surface area contributed by atoms with Crippen LogP contribution in [0.4, 0.5) is 0 Å². The number of nitrogens with two attached hydrogens (primary N) is 1. The number of furan rings is 1. The van der Waals surface area contributed by atoms with E-state index in [0.717, 1.165) is 0 Å². The quantitative estimate of drug-likeness (QED) is 0.790. The summed E-state index contributed by atoms with van der Waals surface area (Å²) in [5.74, 6) is 0.622. The summed E-state index contributed by atoms with van der Waals surface area (Å²) in [5.41, 5.74) is 5.50. The summed E-state index contributed by atoms with van der Waals surface area (Å²) >= 11 is 0. The molecule has 0 aliphatic heterocycles. The molecule has 1 unspecified atom stereocenters. The maximum absolute atomic E-state index is 11.4. The van der Waals surface area contributed by atoms with E-state index in [-0.39, 0.29) is 24.0 Å². The largest absolute Gasteiger partial charge is 0.469 e. The molecule has 1 atom stereocenters. The highest BCUT2D eigenvalue weighted by Gasteiger charge is 2.20. The van der Waals surface area contributed by atoms with Crippen molar-refractivity contribution in [3.05, 3.63) is 24.2 Å². The van der Waals surface area contributed by atoms with Gasteiger partial charge in [0.15, 0.2) is 9.84 Å². The topological polar surface area (TPSA) is 73.3 Å². The van der Waals surface area contributed by atoms with Gasteiger partial charge in [0, 0.05) is 18.2 Å². The van der Waals surface area contributed by atoms with Gasteiger partial charge in [0.1, 0.15) is 5.76 Å². The first-order valence-electron chi connectivity index (χ1n) is 4.53. The summed E-state index contributed by atoms with van der Waals surface area (Å²) in [6.45, 7) is 1.91. The fraction of sp³-hybridized carbons (Fsp3) is 0.556. The van der Waals surface area contributed by atoms with Crippen molar-refractivity contribution < 1.29 is 12.8 Å². The Kier molecular flexibility index (Phi) is 3.71. The van der Waals surface area contributed by atoms with Crippen molar-refractivity contribution >= 4 is 9.84 Å². The highest BCUT2D eigenvalue weighted by atomic mass is 32.2. The predicted molar refractivity (Wildman–Crippen MR) is 54.8 cm³/mol. The molecular formula is C9H15NO3S. The summed E-state index contributed by atoms with van der Waals surface area (Å²) in [6, 6.07) is 3.49. The molecule has 0 saturated heterocycles. The first kappa shape index (κ1) is 11.3. The fourth-order valence-corrected chi connectivity index (χ4v) is 2.36. The Bertz CT molecular complexity index is 355. The van der Waals surface area contributed by atoms with Gasteiger partial charge in [-0.25, -0.2) is 8.42 Å². The molecule has 1 rings (SSSR count). The third-order valence-corrected chi connectivity index (χ3v) is 3.91. The van der Waals surface area contributed by atoms with Crippen LogP contribution in [0.3, 0.4) is 0 Å². The van der Waals surface area contributed by atoms with Crippen LogP contribution in [0.2, 0.25) is 0 Å². The van der Waals surface area contributed by atoms with E-state index in [2.05, 4.69) is 0 Å². The van der Waals surface area contributed by atoms with E-state index in [1.165, 1.54) is 6.26 Å². The molecule has 0 aliphatic rings. The average Bonchev–Trinajstić information content (AvgIpc) is 2.67. The summed E-state index contributed by atoms with van der Waals surface area (Å²) in [6.07, 6.45) is 1.52. The SMILES string of the molecule is CCS(=O)(=O)CC(CN)c1ccco1. The number of hydrogen-bond acceptors (Lipinski definition) is 4. The Morgan fingerprint density at radius 2 is 2.29 bits per heavy atom. The van der Waals surface area contributed by atoms with E-state index in [4.69, 9.17) is 10.2 Å². The smallest absolute Gasteiger partial charge is 0.150 e. The summed E-state index contributed by atoms with van der Waals surface area (Å²) in [5, 5.41) is 0. The van der Waals surface area contributed by atoms with E-state index < -0.39 is 9.84 Å². The lowest BCUT2D eigenvalue weighted by Crippen LogP contribution is -2.22. The Hall–Kier alpha value is -0.810. The minimum absolute atomic E-state index is 0.0630. The number of sulfone groups is 1. The molecule has 1 aromatic heterocycles. The second-order valence-corrected chi connectivity index (χ2v) is 5.54. The minimum Gasteiger partial charge on any atom is -0.469 e. The van der Waals surface area contributed by atoms with Crippen LogP contribution >= 0.6 is 0 Å². The van der Waals surface area contributed by atoms with Crippen LogP contribution in [0.5, 0.6) is 0 Å². The molecule has 0 fully saturated rings. The summed E-state index contributed by atoms with van der Waals surface area (Å²) < 4.78 is 27.9. The lowest BCUT2D eigenvalue weighted by Gasteiger charge is -2.11. The standard InChI is InChI=1S/C9H15NO3S/c1-2-14(11,12)7-8(6-10)9-4-3-5-13-9/h3-5,8H,2,6-7,10H2,1H3. The third-order valence-electron chi connectivity index (χ3n) is 2.13. The van der Waals surface area contributed by atoms with Crippen molar-refractivity contribution in [1.82, 2.24) is 0 Å². The molecule has 80 valence electrons. The molecule has 0 aromatic carbocycles. The molecule has 14 heavy (non-hydrogen) atoms. The van der Waals surface area contributed by atoms with Crippen LogP contribution in [0, 0.1) is 0 Å². The summed E-state index contributed by atoms with van der Waals surface area (Å²) in [7, 11) is -3.00. The van der Waals surface area contributed by atoms with Crippen LogP contribution in [0.25, 0.3) is 0 Å². The Morgan fingerprint density at radius 3 is 2.71 bits per heavy atom. The molecule has 0 aliphatic carbocycles. The molecule has 1 heterocycles. The molecule has 2 N–H and O–H groups in total. The highest BCUT2D eigenvalue weighted by molar-refractivity contribution is 7.91. The molecule has 0 radical (unpaired) electrons. The lowest BCUT2D eigenvalue weighted by atomic mass is 10.1. The molecule has 1 aromatic rings. The van der Waals surface area contributed by atoms with Gasteiger partial charge in [-0.05, 0) is 12.1 Å². The van der Waals surface area contributed by atoms with Gasteiger partial charge in [-0.1, -0.05) is 6.92 Å². The van der Waals surface area contributed by atoms with Crippen molar-refractivity contribution in [2.24, 2.45) is 5.73 Å². The van der Waals surface area contributed by atoms with Crippen LogP contribution in [-0.4, -0.2) is 26.5 Å². The van der Waals surface area contributed by atoms with Gasteiger partial charge in [-0.2, -0.15) is 0 Å². The van der Waals surface area contributed by atoms with Crippen molar-refractivity contribution in [3.63, 3.8) is 0 Å². The molecule has 0 bridgehead atoms. The summed E-state index contributed by atoms with van der Waals surface area (Å²) in [4.78, 5) is 0. The van der Waals surface area contributed by atoms with E-state index in [1.807, 2.05) is 0 Å². The van der Waals surface area contributed by atoms with E-state index >= 15 is 0 Å².